The number of hydrogen-bond acceptors (Lipinski definition) is 2. The molecule has 4 nitrogen and oxygen atoms in total. The second-order valence-corrected chi connectivity index (χ2v) is 6.53. The molecule has 0 saturated carbocycles. The maximum Gasteiger partial charge on any atom is 0.258 e. The van der Waals surface area contributed by atoms with Crippen molar-refractivity contribution in [2.75, 3.05) is 0 Å². The average molecular weight is 393 g/mol. The molecule has 0 atom stereocenters. The van der Waals surface area contributed by atoms with E-state index < -0.39 is 23.4 Å². The van der Waals surface area contributed by atoms with Crippen LogP contribution in [0.1, 0.15) is 11.1 Å². The molecule has 8 heteroatoms. The van der Waals surface area contributed by atoms with Gasteiger partial charge in [0.05, 0.1) is 22.5 Å². The Morgan fingerprint density at radius 2 is 1.08 bits per heavy atom. The van der Waals surface area contributed by atoms with Gasteiger partial charge in [0.15, 0.2) is 0 Å². The van der Waals surface area contributed by atoms with Gasteiger partial charge in [0.25, 0.3) is 11.8 Å². The molecule has 0 radical (unpaired) electrons. The number of fused-ring (bicyclic) bond motifs is 1. The average Bonchev–Trinajstić information content (AvgIpc) is 3.11. The van der Waals surface area contributed by atoms with Crippen molar-refractivity contribution in [1.29, 1.82) is 0 Å². The summed E-state index contributed by atoms with van der Waals surface area (Å²) in [6.45, 7) is 0. The van der Waals surface area contributed by atoms with Crippen LogP contribution in [-0.4, -0.2) is 11.8 Å². The van der Waals surface area contributed by atoms with E-state index in [-0.39, 0.29) is 43.7 Å². The van der Waals surface area contributed by atoms with E-state index in [0.717, 1.165) is 12.1 Å². The predicted octanol–water partition coefficient (Wildman–Crippen LogP) is 3.65. The third-order valence-corrected chi connectivity index (χ3v) is 4.55. The first-order chi connectivity index (χ1) is 12.4. The van der Waals surface area contributed by atoms with E-state index in [4.69, 9.17) is 23.2 Å². The quantitative estimate of drug-likeness (QED) is 0.819. The van der Waals surface area contributed by atoms with Crippen LogP contribution in [0, 0.1) is 11.6 Å². The standard InChI is InChI=1S/C18H8Cl2F2N2O2/c19-7-1-3-11(21)9(5-7)15-13-14(18(26)23-15)16(24-17(13)25)10-6-8(20)2-4-12(10)22/h1-6H,(H,23,26)(H,24,25). The summed E-state index contributed by atoms with van der Waals surface area (Å²) in [5.74, 6) is -2.62. The highest BCUT2D eigenvalue weighted by atomic mass is 35.5. The van der Waals surface area contributed by atoms with E-state index in [1.807, 2.05) is 0 Å². The molecule has 4 rings (SSSR count). The van der Waals surface area contributed by atoms with Crippen molar-refractivity contribution in [2.45, 2.75) is 0 Å². The van der Waals surface area contributed by atoms with Gasteiger partial charge in [-0.2, -0.15) is 0 Å². The first kappa shape index (κ1) is 16.8. The number of rotatable bonds is 2. The molecule has 26 heavy (non-hydrogen) atoms. The van der Waals surface area contributed by atoms with Crippen LogP contribution in [0.2, 0.25) is 10.0 Å². The molecule has 0 aromatic heterocycles. The Kier molecular flexibility index (Phi) is 3.82. The lowest BCUT2D eigenvalue weighted by atomic mass is 10.0. The fourth-order valence-electron chi connectivity index (χ4n) is 2.96. The molecule has 2 N–H and O–H groups in total. The normalized spacial score (nSPS) is 16.2. The van der Waals surface area contributed by atoms with Crippen LogP contribution in [0.4, 0.5) is 8.78 Å². The summed E-state index contributed by atoms with van der Waals surface area (Å²) >= 11 is 11.8. The van der Waals surface area contributed by atoms with Crippen LogP contribution in [0.15, 0.2) is 47.5 Å². The smallest absolute Gasteiger partial charge is 0.258 e. The zero-order valence-corrected chi connectivity index (χ0v) is 14.3. The van der Waals surface area contributed by atoms with Gasteiger partial charge in [-0.15, -0.1) is 0 Å². The van der Waals surface area contributed by atoms with Crippen molar-refractivity contribution in [3.63, 3.8) is 0 Å². The van der Waals surface area contributed by atoms with Gasteiger partial charge < -0.3 is 10.6 Å². The van der Waals surface area contributed by atoms with Crippen LogP contribution in [0.5, 0.6) is 0 Å². The minimum Gasteiger partial charge on any atom is -0.320 e. The molecule has 2 aliphatic heterocycles. The Morgan fingerprint density at radius 1 is 0.692 bits per heavy atom. The van der Waals surface area contributed by atoms with E-state index in [1.54, 1.807) is 0 Å². The lowest BCUT2D eigenvalue weighted by molar-refractivity contribution is -0.117. The molecule has 0 aliphatic carbocycles. The van der Waals surface area contributed by atoms with Gasteiger partial charge >= 0.3 is 0 Å². The number of hydrogen-bond donors (Lipinski definition) is 2. The van der Waals surface area contributed by atoms with Crippen LogP contribution < -0.4 is 10.6 Å². The summed E-state index contributed by atoms with van der Waals surface area (Å²) in [5, 5.41) is 5.42. The Balaban J connectivity index is 1.97. The Hall–Kier alpha value is -2.70. The first-order valence-electron chi connectivity index (χ1n) is 7.39. The number of amides is 2. The van der Waals surface area contributed by atoms with Gasteiger partial charge in [0.1, 0.15) is 11.6 Å². The lowest BCUT2D eigenvalue weighted by Crippen LogP contribution is -2.22. The molecule has 2 heterocycles. The van der Waals surface area contributed by atoms with E-state index in [9.17, 15) is 18.4 Å². The minimum atomic E-state index is -0.659. The maximum absolute atomic E-state index is 14.2. The molecule has 2 aromatic rings. The molecule has 0 spiro atoms. The molecular formula is C18H8Cl2F2N2O2. The topological polar surface area (TPSA) is 58.2 Å². The highest BCUT2D eigenvalue weighted by molar-refractivity contribution is 6.33. The zero-order chi connectivity index (χ0) is 18.6. The largest absolute Gasteiger partial charge is 0.320 e. The molecular weight excluding hydrogens is 385 g/mol. The molecule has 0 bridgehead atoms. The fraction of sp³-hybridized carbons (Fsp3) is 0. The molecule has 2 amide bonds. The number of benzene rings is 2. The second-order valence-electron chi connectivity index (χ2n) is 5.66. The minimum absolute atomic E-state index is 0.0139. The van der Waals surface area contributed by atoms with Crippen molar-refractivity contribution in [3.8, 4) is 0 Å². The van der Waals surface area contributed by atoms with Crippen molar-refractivity contribution >= 4 is 46.4 Å². The number of carbonyl (C=O) groups excluding carboxylic acids is 2. The maximum atomic E-state index is 14.2. The van der Waals surface area contributed by atoms with Crippen LogP contribution in [0.3, 0.4) is 0 Å². The molecule has 130 valence electrons. The Morgan fingerprint density at radius 3 is 1.46 bits per heavy atom. The van der Waals surface area contributed by atoms with Gasteiger partial charge in [-0.25, -0.2) is 8.78 Å². The molecule has 0 saturated heterocycles. The van der Waals surface area contributed by atoms with Gasteiger partial charge in [0, 0.05) is 21.2 Å². The summed E-state index contributed by atoms with van der Waals surface area (Å²) < 4.78 is 28.4. The Bertz CT molecular complexity index is 991. The monoisotopic (exact) mass is 392 g/mol. The summed E-state index contributed by atoms with van der Waals surface area (Å²) in [4.78, 5) is 24.9. The van der Waals surface area contributed by atoms with Crippen LogP contribution in [-0.2, 0) is 9.59 Å². The highest BCUT2D eigenvalue weighted by Gasteiger charge is 2.42. The first-order valence-corrected chi connectivity index (χ1v) is 8.15. The predicted molar refractivity (Wildman–Crippen MR) is 92.9 cm³/mol. The van der Waals surface area contributed by atoms with E-state index >= 15 is 0 Å². The third-order valence-electron chi connectivity index (χ3n) is 4.08. The zero-order valence-electron chi connectivity index (χ0n) is 12.8. The van der Waals surface area contributed by atoms with Crippen LogP contribution >= 0.6 is 23.2 Å². The Labute approximate surface area is 156 Å². The summed E-state index contributed by atoms with van der Waals surface area (Å²) in [6.07, 6.45) is 0. The van der Waals surface area contributed by atoms with Crippen molar-refractivity contribution in [1.82, 2.24) is 10.6 Å². The van der Waals surface area contributed by atoms with E-state index in [2.05, 4.69) is 10.6 Å². The number of nitrogens with one attached hydrogen (secondary N) is 2. The fourth-order valence-corrected chi connectivity index (χ4v) is 3.31. The summed E-state index contributed by atoms with van der Waals surface area (Å²) in [6, 6.07) is 7.55. The number of halogens is 4. The molecule has 2 aliphatic rings. The highest BCUT2D eigenvalue weighted by Crippen LogP contribution is 2.39. The second kappa shape index (κ2) is 5.93. The van der Waals surface area contributed by atoms with Gasteiger partial charge in [-0.3, -0.25) is 9.59 Å². The van der Waals surface area contributed by atoms with Crippen molar-refractivity contribution in [2.24, 2.45) is 0 Å². The third kappa shape index (κ3) is 2.50. The van der Waals surface area contributed by atoms with Crippen LogP contribution in [0.25, 0.3) is 11.4 Å². The van der Waals surface area contributed by atoms with E-state index in [0.29, 0.717) is 0 Å². The molecule has 0 fully saturated rings. The van der Waals surface area contributed by atoms with E-state index in [1.165, 1.54) is 24.3 Å². The molecule has 0 unspecified atom stereocenters. The van der Waals surface area contributed by atoms with Gasteiger partial charge in [-0.1, -0.05) is 23.2 Å². The van der Waals surface area contributed by atoms with Crippen molar-refractivity contribution < 1.29 is 18.4 Å². The summed E-state index contributed by atoms with van der Waals surface area (Å²) in [7, 11) is 0. The van der Waals surface area contributed by atoms with Gasteiger partial charge in [0.2, 0.25) is 0 Å². The van der Waals surface area contributed by atoms with Gasteiger partial charge in [-0.05, 0) is 36.4 Å². The number of carbonyl (C=O) groups is 2. The SMILES string of the molecule is O=C1NC(c2cc(Cl)ccc2F)=C2C(=O)NC(c3cc(Cl)ccc3F)=C12. The van der Waals surface area contributed by atoms with Crippen molar-refractivity contribution in [3.05, 3.63) is 80.4 Å². The lowest BCUT2D eigenvalue weighted by Gasteiger charge is -2.09. The summed E-state index contributed by atoms with van der Waals surface area (Å²) in [5.41, 5.74) is -0.214. The molecule has 2 aromatic carbocycles.